The largest absolute Gasteiger partial charge is 0.481 e. The van der Waals surface area contributed by atoms with Gasteiger partial charge in [-0.2, -0.15) is 4.31 Å². The Morgan fingerprint density at radius 1 is 1.27 bits per heavy atom. The van der Waals surface area contributed by atoms with Crippen LogP contribution in [-0.4, -0.2) is 61.6 Å². The molecule has 0 N–H and O–H groups in total. The van der Waals surface area contributed by atoms with Gasteiger partial charge in [-0.05, 0) is 38.0 Å². The Morgan fingerprint density at radius 2 is 1.81 bits per heavy atom. The van der Waals surface area contributed by atoms with Crippen molar-refractivity contribution < 1.29 is 17.9 Å². The number of rotatable bonds is 6. The summed E-state index contributed by atoms with van der Waals surface area (Å²) < 4.78 is 30.9. The molecule has 1 heterocycles. The number of hydrogen-bond acceptors (Lipinski definition) is 4. The highest BCUT2D eigenvalue weighted by Gasteiger charge is 2.32. The summed E-state index contributed by atoms with van der Waals surface area (Å²) in [6.07, 6.45) is 1.77. The standard InChI is InChI=1S/C17H24Cl2N2O4S/c1-4-21(26(3,23)24)15-5-7-20(8-6-15)17(22)12(2)25-16-10-13(18)9-14(19)11-16/h9-12,15H,4-8H2,1-3H3. The Kier molecular flexibility index (Phi) is 7.19. The molecule has 0 spiro atoms. The molecular formula is C17H24Cl2N2O4S. The second-order valence-corrected chi connectivity index (χ2v) is 9.20. The molecule has 6 nitrogen and oxygen atoms in total. The summed E-state index contributed by atoms with van der Waals surface area (Å²) >= 11 is 11.9. The van der Waals surface area contributed by atoms with E-state index in [4.69, 9.17) is 27.9 Å². The molecule has 1 aliphatic rings. The van der Waals surface area contributed by atoms with E-state index >= 15 is 0 Å². The molecule has 1 atom stereocenters. The molecule has 1 amide bonds. The van der Waals surface area contributed by atoms with Gasteiger partial charge in [0.1, 0.15) is 5.75 Å². The number of hydrogen-bond donors (Lipinski definition) is 0. The molecule has 2 rings (SSSR count). The number of amides is 1. The molecular weight excluding hydrogens is 399 g/mol. The van der Waals surface area contributed by atoms with E-state index < -0.39 is 16.1 Å². The van der Waals surface area contributed by atoms with Crippen LogP contribution in [0, 0.1) is 0 Å². The Morgan fingerprint density at radius 3 is 2.27 bits per heavy atom. The third kappa shape index (κ3) is 5.49. The van der Waals surface area contributed by atoms with E-state index in [9.17, 15) is 13.2 Å². The van der Waals surface area contributed by atoms with Gasteiger partial charge in [0.2, 0.25) is 10.0 Å². The molecule has 26 heavy (non-hydrogen) atoms. The van der Waals surface area contributed by atoms with E-state index in [1.54, 1.807) is 30.0 Å². The monoisotopic (exact) mass is 422 g/mol. The third-order valence-electron chi connectivity index (χ3n) is 4.42. The normalized spacial score (nSPS) is 17.4. The lowest BCUT2D eigenvalue weighted by molar-refractivity contribution is -0.139. The van der Waals surface area contributed by atoms with Gasteiger partial charge in [-0.25, -0.2) is 8.42 Å². The van der Waals surface area contributed by atoms with E-state index in [1.165, 1.54) is 10.6 Å². The second-order valence-electron chi connectivity index (χ2n) is 6.39. The van der Waals surface area contributed by atoms with Gasteiger partial charge in [0, 0.05) is 35.7 Å². The summed E-state index contributed by atoms with van der Waals surface area (Å²) in [6, 6.07) is 4.74. The van der Waals surface area contributed by atoms with Crippen LogP contribution in [0.15, 0.2) is 18.2 Å². The van der Waals surface area contributed by atoms with E-state index in [-0.39, 0.29) is 11.9 Å². The van der Waals surface area contributed by atoms with E-state index in [2.05, 4.69) is 0 Å². The van der Waals surface area contributed by atoms with Crippen molar-refractivity contribution >= 4 is 39.1 Å². The smallest absolute Gasteiger partial charge is 0.263 e. The van der Waals surface area contributed by atoms with E-state index in [0.29, 0.717) is 48.3 Å². The predicted octanol–water partition coefficient (Wildman–Crippen LogP) is 3.03. The van der Waals surface area contributed by atoms with Crippen molar-refractivity contribution in [3.63, 3.8) is 0 Å². The van der Waals surface area contributed by atoms with Gasteiger partial charge < -0.3 is 9.64 Å². The zero-order valence-electron chi connectivity index (χ0n) is 15.1. The molecule has 0 aromatic heterocycles. The third-order valence-corrected chi connectivity index (χ3v) is 6.26. The topological polar surface area (TPSA) is 66.9 Å². The van der Waals surface area contributed by atoms with Crippen LogP contribution in [0.25, 0.3) is 0 Å². The SMILES string of the molecule is CCN(C1CCN(C(=O)C(C)Oc2cc(Cl)cc(Cl)c2)CC1)S(C)(=O)=O. The van der Waals surface area contributed by atoms with Crippen LogP contribution < -0.4 is 4.74 Å². The van der Waals surface area contributed by atoms with Crippen LogP contribution in [0.3, 0.4) is 0 Å². The summed E-state index contributed by atoms with van der Waals surface area (Å²) in [5.74, 6) is 0.300. The first-order valence-corrected chi connectivity index (χ1v) is 11.1. The number of nitrogens with zero attached hydrogens (tertiary/aromatic N) is 2. The first-order valence-electron chi connectivity index (χ1n) is 8.50. The highest BCUT2D eigenvalue weighted by atomic mass is 35.5. The lowest BCUT2D eigenvalue weighted by atomic mass is 10.0. The minimum absolute atomic E-state index is 0.0676. The minimum atomic E-state index is -3.24. The number of benzene rings is 1. The van der Waals surface area contributed by atoms with Crippen LogP contribution >= 0.6 is 23.2 Å². The molecule has 1 fully saturated rings. The highest BCUT2D eigenvalue weighted by Crippen LogP contribution is 2.26. The van der Waals surface area contributed by atoms with Gasteiger partial charge in [0.05, 0.1) is 6.26 Å². The lowest BCUT2D eigenvalue weighted by Gasteiger charge is -2.37. The molecule has 1 saturated heterocycles. The zero-order chi connectivity index (χ0) is 19.5. The fraction of sp³-hybridized carbons (Fsp3) is 0.588. The number of carbonyl (C=O) groups excluding carboxylic acids is 1. The molecule has 146 valence electrons. The zero-order valence-corrected chi connectivity index (χ0v) is 17.4. The molecule has 0 radical (unpaired) electrons. The van der Waals surface area contributed by atoms with Gasteiger partial charge in [0.25, 0.3) is 5.91 Å². The number of sulfonamides is 1. The summed E-state index contributed by atoms with van der Waals surface area (Å²) in [6.45, 7) is 4.94. The quantitative estimate of drug-likeness (QED) is 0.706. The summed E-state index contributed by atoms with van der Waals surface area (Å²) in [5.41, 5.74) is 0. The first-order chi connectivity index (χ1) is 12.1. The number of likely N-dealkylation sites (tertiary alicyclic amines) is 1. The van der Waals surface area contributed by atoms with Gasteiger partial charge in [-0.1, -0.05) is 30.1 Å². The Labute approximate surface area is 165 Å². The Hall–Kier alpha value is -1.02. The Bertz CT molecular complexity index is 729. The van der Waals surface area contributed by atoms with Crippen molar-refractivity contribution in [2.24, 2.45) is 0 Å². The van der Waals surface area contributed by atoms with Crippen LogP contribution in [-0.2, 0) is 14.8 Å². The maximum absolute atomic E-state index is 12.6. The van der Waals surface area contributed by atoms with Crippen LogP contribution in [0.4, 0.5) is 0 Å². The highest BCUT2D eigenvalue weighted by molar-refractivity contribution is 7.88. The van der Waals surface area contributed by atoms with Crippen LogP contribution in [0.1, 0.15) is 26.7 Å². The van der Waals surface area contributed by atoms with E-state index in [1.807, 2.05) is 6.92 Å². The molecule has 0 aliphatic carbocycles. The average Bonchev–Trinajstić information content (AvgIpc) is 2.53. The predicted molar refractivity (Wildman–Crippen MR) is 103 cm³/mol. The molecule has 9 heteroatoms. The van der Waals surface area contributed by atoms with Crippen molar-refractivity contribution in [2.45, 2.75) is 38.8 Å². The molecule has 1 unspecified atom stereocenters. The van der Waals surface area contributed by atoms with E-state index in [0.717, 1.165) is 0 Å². The maximum atomic E-state index is 12.6. The fourth-order valence-corrected chi connectivity index (χ4v) is 4.97. The minimum Gasteiger partial charge on any atom is -0.481 e. The van der Waals surface area contributed by atoms with Crippen LogP contribution in [0.5, 0.6) is 5.75 Å². The van der Waals surface area contributed by atoms with Gasteiger partial charge >= 0.3 is 0 Å². The Balaban J connectivity index is 1.95. The molecule has 1 aromatic carbocycles. The lowest BCUT2D eigenvalue weighted by Crippen LogP contribution is -2.50. The number of piperidine rings is 1. The van der Waals surface area contributed by atoms with Crippen molar-refractivity contribution in [3.8, 4) is 5.75 Å². The van der Waals surface area contributed by atoms with Gasteiger partial charge in [-0.15, -0.1) is 0 Å². The summed E-state index contributed by atoms with van der Waals surface area (Å²) in [5, 5.41) is 0.877. The second kappa shape index (κ2) is 8.78. The van der Waals surface area contributed by atoms with Crippen molar-refractivity contribution in [2.75, 3.05) is 25.9 Å². The fourth-order valence-electron chi connectivity index (χ4n) is 3.25. The number of ether oxygens (including phenoxy) is 1. The van der Waals surface area contributed by atoms with Crippen molar-refractivity contribution in [1.29, 1.82) is 0 Å². The molecule has 0 saturated carbocycles. The maximum Gasteiger partial charge on any atom is 0.263 e. The van der Waals surface area contributed by atoms with Gasteiger partial charge in [-0.3, -0.25) is 4.79 Å². The average molecular weight is 423 g/mol. The molecule has 1 aromatic rings. The van der Waals surface area contributed by atoms with Crippen molar-refractivity contribution in [1.82, 2.24) is 9.21 Å². The summed E-state index contributed by atoms with van der Waals surface area (Å²) in [4.78, 5) is 14.3. The van der Waals surface area contributed by atoms with Crippen molar-refractivity contribution in [3.05, 3.63) is 28.2 Å². The molecule has 1 aliphatic heterocycles. The molecule has 0 bridgehead atoms. The number of halogens is 2. The first kappa shape index (κ1) is 21.3. The van der Waals surface area contributed by atoms with Crippen LogP contribution in [0.2, 0.25) is 10.0 Å². The summed E-state index contributed by atoms with van der Waals surface area (Å²) in [7, 11) is -3.24. The van der Waals surface area contributed by atoms with Gasteiger partial charge in [0.15, 0.2) is 6.10 Å². The number of carbonyl (C=O) groups is 1.